The summed E-state index contributed by atoms with van der Waals surface area (Å²) in [5.74, 6) is -0.817. The molecule has 1 saturated heterocycles. The fourth-order valence-electron chi connectivity index (χ4n) is 3.57. The quantitative estimate of drug-likeness (QED) is 0.483. The summed E-state index contributed by atoms with van der Waals surface area (Å²) in [5.41, 5.74) is 4.02. The highest BCUT2D eigenvalue weighted by Crippen LogP contribution is 2.27. The highest BCUT2D eigenvalue weighted by Gasteiger charge is 2.34. The lowest BCUT2D eigenvalue weighted by Gasteiger charge is -2.12. The van der Waals surface area contributed by atoms with Gasteiger partial charge in [-0.15, -0.1) is 0 Å². The summed E-state index contributed by atoms with van der Waals surface area (Å²) in [6, 6.07) is 23.6. The van der Waals surface area contributed by atoms with Crippen LogP contribution in [0.25, 0.3) is 6.08 Å². The Kier molecular flexibility index (Phi) is 5.76. The summed E-state index contributed by atoms with van der Waals surface area (Å²) < 4.78 is 0. The van der Waals surface area contributed by atoms with Crippen molar-refractivity contribution in [2.75, 3.05) is 10.2 Å². The van der Waals surface area contributed by atoms with Gasteiger partial charge in [0.15, 0.2) is 0 Å². The number of nitrogens with zero attached hydrogens (tertiary/aromatic N) is 1. The Morgan fingerprint density at radius 2 is 1.74 bits per heavy atom. The van der Waals surface area contributed by atoms with Gasteiger partial charge < -0.3 is 5.32 Å². The van der Waals surface area contributed by atoms with Crippen LogP contribution in [0.3, 0.4) is 0 Å². The van der Waals surface area contributed by atoms with E-state index in [4.69, 9.17) is 0 Å². The zero-order valence-electron chi connectivity index (χ0n) is 17.2. The van der Waals surface area contributed by atoms with Crippen molar-refractivity contribution in [3.8, 4) is 0 Å². The number of hydrogen-bond acceptors (Lipinski definition) is 3. The first kappa shape index (κ1) is 20.3. The van der Waals surface area contributed by atoms with Crippen molar-refractivity contribution in [3.63, 3.8) is 0 Å². The monoisotopic (exact) mass is 410 g/mol. The molecule has 1 aliphatic heterocycles. The van der Waals surface area contributed by atoms with E-state index in [9.17, 15) is 14.4 Å². The fourth-order valence-corrected chi connectivity index (χ4v) is 3.57. The molecule has 1 fully saturated rings. The molecule has 5 nitrogen and oxygen atoms in total. The van der Waals surface area contributed by atoms with E-state index in [1.807, 2.05) is 36.4 Å². The molecule has 31 heavy (non-hydrogen) atoms. The molecule has 0 aromatic heterocycles. The third kappa shape index (κ3) is 4.46. The molecule has 154 valence electrons. The molecule has 3 aromatic carbocycles. The molecule has 4 rings (SSSR count). The largest absolute Gasteiger partial charge is 0.322 e. The van der Waals surface area contributed by atoms with Crippen molar-refractivity contribution in [1.82, 2.24) is 0 Å². The van der Waals surface area contributed by atoms with Crippen LogP contribution in [0.15, 0.2) is 84.4 Å². The van der Waals surface area contributed by atoms with E-state index >= 15 is 0 Å². The van der Waals surface area contributed by atoms with Crippen LogP contribution < -0.4 is 10.2 Å². The molecule has 5 heteroatoms. The average molecular weight is 410 g/mol. The van der Waals surface area contributed by atoms with Gasteiger partial charge in [-0.1, -0.05) is 49.4 Å². The second kappa shape index (κ2) is 8.79. The molecule has 0 unspecified atom stereocenters. The molecule has 0 saturated carbocycles. The Hall–Kier alpha value is -3.99. The van der Waals surface area contributed by atoms with Gasteiger partial charge in [0.2, 0.25) is 5.91 Å². The molecule has 1 N–H and O–H groups in total. The van der Waals surface area contributed by atoms with Crippen molar-refractivity contribution < 1.29 is 14.4 Å². The summed E-state index contributed by atoms with van der Waals surface area (Å²) in [4.78, 5) is 39.1. The molecule has 3 aromatic rings. The second-order valence-electron chi connectivity index (χ2n) is 7.35. The van der Waals surface area contributed by atoms with Gasteiger partial charge in [0, 0.05) is 16.8 Å². The second-order valence-corrected chi connectivity index (χ2v) is 7.35. The van der Waals surface area contributed by atoms with E-state index in [-0.39, 0.29) is 24.1 Å². The first-order chi connectivity index (χ1) is 15.0. The molecule has 0 aliphatic carbocycles. The smallest absolute Gasteiger partial charge is 0.261 e. The van der Waals surface area contributed by atoms with Crippen LogP contribution in [0.2, 0.25) is 0 Å². The van der Waals surface area contributed by atoms with Gasteiger partial charge in [0.05, 0.1) is 12.1 Å². The maximum absolute atomic E-state index is 12.8. The van der Waals surface area contributed by atoms with Crippen LogP contribution in [0.5, 0.6) is 0 Å². The topological polar surface area (TPSA) is 66.5 Å². The molecule has 0 radical (unpaired) electrons. The van der Waals surface area contributed by atoms with Gasteiger partial charge in [-0.3, -0.25) is 14.4 Å². The molecule has 0 spiro atoms. The normalized spacial score (nSPS) is 14.9. The van der Waals surface area contributed by atoms with Crippen LogP contribution >= 0.6 is 0 Å². The van der Waals surface area contributed by atoms with E-state index in [1.165, 1.54) is 4.90 Å². The first-order valence-electron chi connectivity index (χ1n) is 10.2. The number of aryl methyl sites for hydroxylation is 1. The zero-order chi connectivity index (χ0) is 21.8. The Bertz CT molecular complexity index is 1180. The number of benzene rings is 3. The van der Waals surface area contributed by atoms with E-state index in [0.29, 0.717) is 22.4 Å². The minimum atomic E-state index is -0.331. The minimum absolute atomic E-state index is 0.0357. The number of carbonyl (C=O) groups is 3. The molecule has 1 aliphatic rings. The van der Waals surface area contributed by atoms with Gasteiger partial charge in [0.25, 0.3) is 11.8 Å². The minimum Gasteiger partial charge on any atom is -0.322 e. The zero-order valence-corrected chi connectivity index (χ0v) is 17.2. The summed E-state index contributed by atoms with van der Waals surface area (Å²) in [7, 11) is 0. The third-order valence-electron chi connectivity index (χ3n) is 5.17. The number of amides is 3. The molecule has 3 amide bonds. The van der Waals surface area contributed by atoms with Gasteiger partial charge >= 0.3 is 0 Å². The van der Waals surface area contributed by atoms with Crippen LogP contribution in [-0.2, 0) is 16.0 Å². The number of rotatable bonds is 5. The van der Waals surface area contributed by atoms with Gasteiger partial charge in [0.1, 0.15) is 0 Å². The van der Waals surface area contributed by atoms with Crippen molar-refractivity contribution in [2.24, 2.45) is 0 Å². The Labute approximate surface area is 181 Å². The van der Waals surface area contributed by atoms with E-state index in [1.54, 1.807) is 48.5 Å². The fraction of sp³-hybridized carbons (Fsp3) is 0.115. The third-order valence-corrected chi connectivity index (χ3v) is 5.17. The maximum atomic E-state index is 12.8. The Balaban J connectivity index is 1.54. The molecular weight excluding hydrogens is 388 g/mol. The van der Waals surface area contributed by atoms with Gasteiger partial charge in [-0.25, -0.2) is 4.90 Å². The summed E-state index contributed by atoms with van der Waals surface area (Å²) in [6.45, 7) is 2.06. The van der Waals surface area contributed by atoms with Crippen molar-refractivity contribution >= 4 is 35.2 Å². The summed E-state index contributed by atoms with van der Waals surface area (Å²) >= 11 is 0. The highest BCUT2D eigenvalue weighted by atomic mass is 16.2. The lowest BCUT2D eigenvalue weighted by atomic mass is 10.1. The lowest BCUT2D eigenvalue weighted by Crippen LogP contribution is -2.28. The Morgan fingerprint density at radius 1 is 0.968 bits per heavy atom. The standard InChI is InChI=1S/C26H22N2O3/c1-2-18-8-7-11-22(16-18)27-25(30)20-10-6-9-19(14-20)15-21-17-24(29)28(26(21)31)23-12-4-3-5-13-23/h3-16H,2,17H2,1H3,(H,27,30)/b21-15+. The van der Waals surface area contributed by atoms with Crippen molar-refractivity contribution in [3.05, 3.63) is 101 Å². The summed E-state index contributed by atoms with van der Waals surface area (Å²) in [5, 5.41) is 2.91. The molecule has 0 atom stereocenters. The Morgan fingerprint density at radius 3 is 2.52 bits per heavy atom. The SMILES string of the molecule is CCc1cccc(NC(=O)c2cccc(/C=C3\CC(=O)N(c4ccccc4)C3=O)c2)c1. The number of carbonyl (C=O) groups excluding carboxylic acids is 3. The average Bonchev–Trinajstić information content (AvgIpc) is 3.07. The lowest BCUT2D eigenvalue weighted by molar-refractivity contribution is -0.120. The number of anilines is 2. The predicted octanol–water partition coefficient (Wildman–Crippen LogP) is 4.85. The van der Waals surface area contributed by atoms with Crippen molar-refractivity contribution in [1.29, 1.82) is 0 Å². The van der Waals surface area contributed by atoms with Crippen LogP contribution in [0.4, 0.5) is 11.4 Å². The number of hydrogen-bond donors (Lipinski definition) is 1. The summed E-state index contributed by atoms with van der Waals surface area (Å²) in [6.07, 6.45) is 2.60. The first-order valence-corrected chi connectivity index (χ1v) is 10.2. The van der Waals surface area contributed by atoms with E-state index < -0.39 is 0 Å². The van der Waals surface area contributed by atoms with Gasteiger partial charge in [-0.05, 0) is 60.0 Å². The molecule has 1 heterocycles. The van der Waals surface area contributed by atoms with Crippen molar-refractivity contribution in [2.45, 2.75) is 19.8 Å². The number of nitrogens with one attached hydrogen (secondary N) is 1. The van der Waals surface area contributed by atoms with E-state index in [0.717, 1.165) is 17.7 Å². The number of imide groups is 1. The molecular formula is C26H22N2O3. The van der Waals surface area contributed by atoms with E-state index in [2.05, 4.69) is 12.2 Å². The maximum Gasteiger partial charge on any atom is 0.261 e. The highest BCUT2D eigenvalue weighted by molar-refractivity contribution is 6.29. The number of para-hydroxylation sites is 1. The van der Waals surface area contributed by atoms with Gasteiger partial charge in [-0.2, -0.15) is 0 Å². The molecule has 0 bridgehead atoms. The van der Waals surface area contributed by atoms with Crippen LogP contribution in [0, 0.1) is 0 Å². The van der Waals surface area contributed by atoms with Crippen LogP contribution in [-0.4, -0.2) is 17.7 Å². The van der Waals surface area contributed by atoms with Crippen LogP contribution in [0.1, 0.15) is 34.8 Å². The predicted molar refractivity (Wildman–Crippen MR) is 122 cm³/mol.